The molecular weight excluding hydrogens is 733 g/mol. The average molecular weight is 761 g/mol. The summed E-state index contributed by atoms with van der Waals surface area (Å²) in [4.78, 5) is 25.4. The fourth-order valence-electron chi connectivity index (χ4n) is 7.55. The van der Waals surface area contributed by atoms with Crippen LogP contribution in [-0.4, -0.2) is 24.9 Å². The zero-order chi connectivity index (χ0) is 38.6. The molecule has 4 heterocycles. The SMILES string of the molecule is N#Cc1cccc(-c2ccc(-c3nc(-c4ccccc4)nc(-c4ccc5oc6c(-c7nc(-c8ccccc8)c8sc9ccccc9c8n7)cccc6c5c4)n3)cc2)c1. The van der Waals surface area contributed by atoms with Crippen LogP contribution in [0.2, 0.25) is 0 Å². The Labute approximate surface area is 336 Å². The first-order valence-electron chi connectivity index (χ1n) is 18.8. The summed E-state index contributed by atoms with van der Waals surface area (Å²) in [5.74, 6) is 2.29. The van der Waals surface area contributed by atoms with Crippen molar-refractivity contribution in [3.05, 3.63) is 175 Å². The maximum absolute atomic E-state index is 9.42. The molecule has 0 saturated heterocycles. The molecule has 11 aromatic rings. The number of aromatic nitrogens is 5. The van der Waals surface area contributed by atoms with Gasteiger partial charge in [0.2, 0.25) is 0 Å². The molecule has 0 aliphatic heterocycles. The minimum atomic E-state index is 0.549. The van der Waals surface area contributed by atoms with E-state index in [2.05, 4.69) is 54.6 Å². The fraction of sp³-hybridized carbons (Fsp3) is 0. The maximum atomic E-state index is 9.42. The van der Waals surface area contributed by atoms with Gasteiger partial charge in [0.1, 0.15) is 11.2 Å². The first kappa shape index (κ1) is 33.5. The fourth-order valence-corrected chi connectivity index (χ4v) is 8.70. The average Bonchev–Trinajstić information content (AvgIpc) is 3.87. The van der Waals surface area contributed by atoms with E-state index in [1.807, 2.05) is 115 Å². The molecule has 7 nitrogen and oxygen atoms in total. The molecule has 0 spiro atoms. The van der Waals surface area contributed by atoms with Gasteiger partial charge in [-0.25, -0.2) is 24.9 Å². The van der Waals surface area contributed by atoms with E-state index in [1.54, 1.807) is 17.4 Å². The number of nitrogens with zero attached hydrogens (tertiary/aromatic N) is 6. The summed E-state index contributed by atoms with van der Waals surface area (Å²) >= 11 is 1.72. The van der Waals surface area contributed by atoms with E-state index >= 15 is 0 Å². The molecule has 0 aliphatic carbocycles. The molecule has 0 bridgehead atoms. The van der Waals surface area contributed by atoms with Gasteiger partial charge in [-0.2, -0.15) is 5.26 Å². The number of furan rings is 1. The van der Waals surface area contributed by atoms with Gasteiger partial charge in [0.05, 0.1) is 33.1 Å². The largest absolute Gasteiger partial charge is 0.455 e. The molecule has 0 atom stereocenters. The van der Waals surface area contributed by atoms with Gasteiger partial charge >= 0.3 is 0 Å². The number of hydrogen-bond acceptors (Lipinski definition) is 8. The summed E-state index contributed by atoms with van der Waals surface area (Å²) in [6.07, 6.45) is 0. The quantitative estimate of drug-likeness (QED) is 0.166. The van der Waals surface area contributed by atoms with Gasteiger partial charge in [-0.05, 0) is 53.6 Å². The van der Waals surface area contributed by atoms with Gasteiger partial charge in [0.25, 0.3) is 0 Å². The van der Waals surface area contributed by atoms with Crippen molar-refractivity contribution in [2.24, 2.45) is 0 Å². The van der Waals surface area contributed by atoms with Crippen LogP contribution < -0.4 is 0 Å². The van der Waals surface area contributed by atoms with Gasteiger partial charge in [0, 0.05) is 43.1 Å². The van der Waals surface area contributed by atoms with Crippen LogP contribution >= 0.6 is 11.3 Å². The smallest absolute Gasteiger partial charge is 0.164 e. The second-order valence-electron chi connectivity index (χ2n) is 14.0. The van der Waals surface area contributed by atoms with Crippen LogP contribution in [0.4, 0.5) is 0 Å². The lowest BCUT2D eigenvalue weighted by Crippen LogP contribution is -2.00. The van der Waals surface area contributed by atoms with Gasteiger partial charge in [-0.15, -0.1) is 11.3 Å². The minimum Gasteiger partial charge on any atom is -0.455 e. The Balaban J connectivity index is 1.04. The van der Waals surface area contributed by atoms with Gasteiger partial charge < -0.3 is 4.42 Å². The first-order chi connectivity index (χ1) is 28.7. The van der Waals surface area contributed by atoms with Crippen LogP contribution in [0.5, 0.6) is 0 Å². The summed E-state index contributed by atoms with van der Waals surface area (Å²) in [5, 5.41) is 12.4. The summed E-state index contributed by atoms with van der Waals surface area (Å²) in [6, 6.07) is 58.8. The predicted molar refractivity (Wildman–Crippen MR) is 233 cm³/mol. The lowest BCUT2D eigenvalue weighted by molar-refractivity contribution is 0.669. The highest BCUT2D eigenvalue weighted by Gasteiger charge is 2.21. The van der Waals surface area contributed by atoms with Crippen LogP contribution in [0, 0.1) is 11.3 Å². The van der Waals surface area contributed by atoms with Crippen molar-refractivity contribution in [3.63, 3.8) is 0 Å². The molecule has 0 fully saturated rings. The number of rotatable bonds is 6. The van der Waals surface area contributed by atoms with Crippen LogP contribution in [-0.2, 0) is 0 Å². The monoisotopic (exact) mass is 760 g/mol. The molecule has 11 rings (SSSR count). The van der Waals surface area contributed by atoms with E-state index in [4.69, 9.17) is 29.3 Å². The highest BCUT2D eigenvalue weighted by atomic mass is 32.1. The summed E-state index contributed by atoms with van der Waals surface area (Å²) < 4.78 is 8.89. The summed E-state index contributed by atoms with van der Waals surface area (Å²) in [6.45, 7) is 0. The zero-order valence-corrected chi connectivity index (χ0v) is 31.5. The normalized spacial score (nSPS) is 11.4. The summed E-state index contributed by atoms with van der Waals surface area (Å²) in [5.41, 5.74) is 10.3. The number of para-hydroxylation sites is 1. The second kappa shape index (κ2) is 13.7. The van der Waals surface area contributed by atoms with E-state index < -0.39 is 0 Å². The van der Waals surface area contributed by atoms with E-state index in [-0.39, 0.29) is 0 Å². The van der Waals surface area contributed by atoms with Crippen molar-refractivity contribution in [2.75, 3.05) is 0 Å². The Morgan fingerprint density at radius 3 is 1.84 bits per heavy atom. The third-order valence-electron chi connectivity index (χ3n) is 10.4. The highest BCUT2D eigenvalue weighted by molar-refractivity contribution is 7.26. The van der Waals surface area contributed by atoms with Gasteiger partial charge in [-0.3, -0.25) is 0 Å². The molecule has 58 heavy (non-hydrogen) atoms. The van der Waals surface area contributed by atoms with Gasteiger partial charge in [0.15, 0.2) is 23.3 Å². The van der Waals surface area contributed by atoms with Crippen LogP contribution in [0.25, 0.3) is 110 Å². The Morgan fingerprint density at radius 2 is 1.07 bits per heavy atom. The third-order valence-corrected chi connectivity index (χ3v) is 11.6. The Morgan fingerprint density at radius 1 is 0.448 bits per heavy atom. The predicted octanol–water partition coefficient (Wildman–Crippen LogP) is 12.8. The van der Waals surface area contributed by atoms with E-state index in [9.17, 15) is 5.26 Å². The lowest BCUT2D eigenvalue weighted by Gasteiger charge is -2.09. The molecule has 7 aromatic carbocycles. The minimum absolute atomic E-state index is 0.549. The van der Waals surface area contributed by atoms with Crippen LogP contribution in [0.15, 0.2) is 174 Å². The van der Waals surface area contributed by atoms with E-state index in [1.165, 1.54) is 4.70 Å². The van der Waals surface area contributed by atoms with Crippen LogP contribution in [0.1, 0.15) is 5.56 Å². The highest BCUT2D eigenvalue weighted by Crippen LogP contribution is 2.42. The third kappa shape index (κ3) is 5.77. The molecular formula is C50H28N6OS. The number of fused-ring (bicyclic) bond motifs is 6. The lowest BCUT2D eigenvalue weighted by atomic mass is 10.0. The molecule has 0 radical (unpaired) electrons. The van der Waals surface area contributed by atoms with Crippen molar-refractivity contribution in [1.29, 1.82) is 5.26 Å². The molecule has 0 N–H and O–H groups in total. The molecule has 0 amide bonds. The number of hydrogen-bond donors (Lipinski definition) is 0. The van der Waals surface area contributed by atoms with Crippen molar-refractivity contribution >= 4 is 53.6 Å². The van der Waals surface area contributed by atoms with Crippen molar-refractivity contribution in [2.45, 2.75) is 0 Å². The molecule has 8 heteroatoms. The van der Waals surface area contributed by atoms with E-state index in [0.717, 1.165) is 76.6 Å². The second-order valence-corrected chi connectivity index (χ2v) is 15.0. The summed E-state index contributed by atoms with van der Waals surface area (Å²) in [7, 11) is 0. The Hall–Kier alpha value is -7.86. The van der Waals surface area contributed by atoms with E-state index in [0.29, 0.717) is 34.4 Å². The molecule has 0 unspecified atom stereocenters. The first-order valence-corrected chi connectivity index (χ1v) is 19.6. The number of thiophene rings is 1. The number of benzene rings is 7. The van der Waals surface area contributed by atoms with Crippen molar-refractivity contribution in [3.8, 4) is 74.0 Å². The molecule has 0 saturated carbocycles. The Bertz CT molecular complexity index is 3410. The Kier molecular flexibility index (Phi) is 7.91. The standard InChI is InChI=1S/C50H28N6OS/c51-29-30-11-9-16-35(27-30)31-21-23-34(24-22-31)48-54-47(33-14-5-2-6-15-33)55-49(56-48)36-25-26-41-40(28-36)37-18-10-19-39(45(37)57-41)50-52-43(32-12-3-1-4-13-32)46-44(53-50)38-17-7-8-20-42(38)58-46/h1-28H. The number of nitriles is 1. The van der Waals surface area contributed by atoms with Gasteiger partial charge in [-0.1, -0.05) is 127 Å². The topological polar surface area (TPSA) is 101 Å². The van der Waals surface area contributed by atoms with Crippen molar-refractivity contribution < 1.29 is 4.42 Å². The van der Waals surface area contributed by atoms with Crippen LogP contribution in [0.3, 0.4) is 0 Å². The molecule has 0 aliphatic rings. The van der Waals surface area contributed by atoms with Crippen molar-refractivity contribution in [1.82, 2.24) is 24.9 Å². The molecule has 270 valence electrons. The maximum Gasteiger partial charge on any atom is 0.164 e. The zero-order valence-electron chi connectivity index (χ0n) is 30.7. The molecule has 4 aromatic heterocycles.